The second-order valence-electron chi connectivity index (χ2n) is 6.14. The smallest absolute Gasteiger partial charge is 0.387 e. The Morgan fingerprint density at radius 2 is 1.96 bits per heavy atom. The fraction of sp³-hybridized carbons (Fsp3) is 0.412. The number of alkyl halides is 3. The molecule has 0 spiro atoms. The van der Waals surface area contributed by atoms with Gasteiger partial charge in [-0.1, -0.05) is 0 Å². The number of nitrogens with one attached hydrogen (secondary N) is 1. The molecule has 1 aliphatic heterocycles. The minimum Gasteiger partial charge on any atom is -0.387 e. The van der Waals surface area contributed by atoms with E-state index >= 15 is 0 Å². The minimum atomic E-state index is -4.54. The molecule has 7 nitrogen and oxygen atoms in total. The lowest BCUT2D eigenvalue weighted by Gasteiger charge is -2.31. The van der Waals surface area contributed by atoms with Crippen molar-refractivity contribution in [3.8, 4) is 0 Å². The molecule has 27 heavy (non-hydrogen) atoms. The van der Waals surface area contributed by atoms with E-state index in [1.807, 2.05) is 0 Å². The second-order valence-corrected chi connectivity index (χ2v) is 6.14. The van der Waals surface area contributed by atoms with E-state index in [1.165, 1.54) is 18.5 Å². The van der Waals surface area contributed by atoms with Gasteiger partial charge in [-0.05, 0) is 31.0 Å². The molecular formula is C17H18F3N5O2. The maximum atomic E-state index is 13.1. The second kappa shape index (κ2) is 7.87. The van der Waals surface area contributed by atoms with Crippen molar-refractivity contribution >= 4 is 17.7 Å². The number of anilines is 2. The number of hydrogen-bond acceptors (Lipinski definition) is 6. The minimum absolute atomic E-state index is 0.0329. The Balaban J connectivity index is 1.73. The maximum absolute atomic E-state index is 13.1. The first-order valence-corrected chi connectivity index (χ1v) is 8.39. The van der Waals surface area contributed by atoms with E-state index in [9.17, 15) is 18.0 Å². The van der Waals surface area contributed by atoms with Gasteiger partial charge in [-0.3, -0.25) is 4.79 Å². The zero-order valence-corrected chi connectivity index (χ0v) is 14.3. The summed E-state index contributed by atoms with van der Waals surface area (Å²) in [5, 5.41) is 11.5. The van der Waals surface area contributed by atoms with Crippen LogP contribution < -0.4 is 5.32 Å². The Bertz CT molecular complexity index is 807. The first-order chi connectivity index (χ1) is 12.9. The fourth-order valence-electron chi connectivity index (χ4n) is 3.02. The monoisotopic (exact) mass is 381 g/mol. The average molecular weight is 381 g/mol. The number of aromatic nitrogens is 3. The lowest BCUT2D eigenvalue weighted by molar-refractivity contribution is -0.137. The lowest BCUT2D eigenvalue weighted by atomic mass is 9.93. The van der Waals surface area contributed by atoms with E-state index in [0.29, 0.717) is 31.6 Å². The van der Waals surface area contributed by atoms with Gasteiger partial charge in [0.2, 0.25) is 11.9 Å². The molecule has 2 aromatic rings. The number of nitrogens with zero attached hydrogens (tertiary/aromatic N) is 4. The topological polar surface area (TPSA) is 91.2 Å². The normalized spacial score (nSPS) is 15.6. The Morgan fingerprint density at radius 1 is 1.22 bits per heavy atom. The van der Waals surface area contributed by atoms with Gasteiger partial charge in [0.1, 0.15) is 12.4 Å². The highest BCUT2D eigenvalue weighted by atomic mass is 19.4. The molecule has 3 heterocycles. The molecule has 144 valence electrons. The summed E-state index contributed by atoms with van der Waals surface area (Å²) in [7, 11) is 0. The highest BCUT2D eigenvalue weighted by Gasteiger charge is 2.34. The van der Waals surface area contributed by atoms with Crippen LogP contribution in [0, 0.1) is 0 Å². The Kier molecular flexibility index (Phi) is 5.54. The molecular weight excluding hydrogens is 363 g/mol. The number of carbonyl (C=O) groups excluding carboxylic acids is 1. The number of halogens is 3. The van der Waals surface area contributed by atoms with E-state index < -0.39 is 18.3 Å². The van der Waals surface area contributed by atoms with Gasteiger partial charge < -0.3 is 15.3 Å². The van der Waals surface area contributed by atoms with Crippen molar-refractivity contribution < 1.29 is 23.1 Å². The van der Waals surface area contributed by atoms with Gasteiger partial charge in [-0.15, -0.1) is 0 Å². The summed E-state index contributed by atoms with van der Waals surface area (Å²) in [6, 6.07) is 3.86. The van der Waals surface area contributed by atoms with Gasteiger partial charge in [0, 0.05) is 37.1 Å². The van der Waals surface area contributed by atoms with Crippen molar-refractivity contribution in [2.24, 2.45) is 0 Å². The average Bonchev–Trinajstić information content (AvgIpc) is 2.67. The first-order valence-electron chi connectivity index (χ1n) is 8.39. The quantitative estimate of drug-likeness (QED) is 0.845. The molecule has 1 saturated heterocycles. The van der Waals surface area contributed by atoms with Crippen molar-refractivity contribution in [2.45, 2.75) is 24.9 Å². The van der Waals surface area contributed by atoms with Crippen LogP contribution in [0.1, 0.15) is 30.0 Å². The molecule has 10 heteroatoms. The van der Waals surface area contributed by atoms with E-state index in [1.54, 1.807) is 11.0 Å². The van der Waals surface area contributed by atoms with Crippen LogP contribution >= 0.6 is 0 Å². The number of likely N-dealkylation sites (tertiary alicyclic amines) is 1. The lowest BCUT2D eigenvalue weighted by Crippen LogP contribution is -2.39. The predicted octanol–water partition coefficient (Wildman–Crippen LogP) is 2.33. The number of piperidine rings is 1. The highest BCUT2D eigenvalue weighted by molar-refractivity contribution is 5.77. The van der Waals surface area contributed by atoms with E-state index in [2.05, 4.69) is 20.3 Å². The number of rotatable bonds is 4. The third-order valence-electron chi connectivity index (χ3n) is 4.42. The van der Waals surface area contributed by atoms with Crippen LogP contribution in [-0.4, -0.2) is 50.6 Å². The summed E-state index contributed by atoms with van der Waals surface area (Å²) in [6.07, 6.45) is -0.499. The molecule has 0 radical (unpaired) electrons. The van der Waals surface area contributed by atoms with E-state index in [0.717, 1.165) is 6.07 Å². The van der Waals surface area contributed by atoms with E-state index in [-0.39, 0.29) is 23.6 Å². The van der Waals surface area contributed by atoms with Crippen LogP contribution in [0.15, 0.2) is 30.6 Å². The van der Waals surface area contributed by atoms with Crippen LogP contribution in [-0.2, 0) is 11.0 Å². The van der Waals surface area contributed by atoms with Crippen molar-refractivity contribution in [1.29, 1.82) is 0 Å². The van der Waals surface area contributed by atoms with Crippen molar-refractivity contribution in [2.75, 3.05) is 25.0 Å². The van der Waals surface area contributed by atoms with Gasteiger partial charge in [0.15, 0.2) is 0 Å². The van der Waals surface area contributed by atoms with Gasteiger partial charge in [-0.25, -0.2) is 15.0 Å². The van der Waals surface area contributed by atoms with Crippen LogP contribution in [0.25, 0.3) is 0 Å². The number of aliphatic hydroxyl groups is 1. The fourth-order valence-corrected chi connectivity index (χ4v) is 3.02. The molecule has 1 amide bonds. The summed E-state index contributed by atoms with van der Waals surface area (Å²) < 4.78 is 39.2. The molecule has 0 aliphatic carbocycles. The molecule has 2 aromatic heterocycles. The molecule has 3 rings (SSSR count). The standard InChI is InChI=1S/C17H18F3N5O2/c18-17(19,20)12-2-1-6-21-15(12)24-16-22-7-3-13(23-16)11-4-8-25(9-5-11)14(27)10-26/h1-3,6-7,11,26H,4-5,8-10H2,(H,21,22,23,24). The van der Waals surface area contributed by atoms with Crippen LogP contribution in [0.3, 0.4) is 0 Å². The third-order valence-corrected chi connectivity index (χ3v) is 4.42. The largest absolute Gasteiger partial charge is 0.419 e. The first kappa shape index (κ1) is 19.0. The highest BCUT2D eigenvalue weighted by Crippen LogP contribution is 2.34. The number of carbonyl (C=O) groups is 1. The Hall–Kier alpha value is -2.75. The van der Waals surface area contributed by atoms with Gasteiger partial charge >= 0.3 is 6.18 Å². The van der Waals surface area contributed by atoms with Gasteiger partial charge in [0.05, 0.1) is 5.56 Å². The molecule has 0 aromatic carbocycles. The number of amides is 1. The molecule has 0 unspecified atom stereocenters. The van der Waals surface area contributed by atoms with Crippen LogP contribution in [0.4, 0.5) is 24.9 Å². The van der Waals surface area contributed by atoms with Crippen LogP contribution in [0.5, 0.6) is 0 Å². The van der Waals surface area contributed by atoms with Gasteiger partial charge in [0.25, 0.3) is 0 Å². The van der Waals surface area contributed by atoms with Crippen LogP contribution in [0.2, 0.25) is 0 Å². The molecule has 1 fully saturated rings. The molecule has 1 aliphatic rings. The number of hydrogen-bond donors (Lipinski definition) is 2. The van der Waals surface area contributed by atoms with Gasteiger partial charge in [-0.2, -0.15) is 13.2 Å². The Morgan fingerprint density at radius 3 is 2.63 bits per heavy atom. The van der Waals surface area contributed by atoms with Crippen molar-refractivity contribution in [3.63, 3.8) is 0 Å². The molecule has 2 N–H and O–H groups in total. The summed E-state index contributed by atoms with van der Waals surface area (Å²) in [5.74, 6) is -0.577. The maximum Gasteiger partial charge on any atom is 0.419 e. The van der Waals surface area contributed by atoms with Crippen molar-refractivity contribution in [1.82, 2.24) is 19.9 Å². The van der Waals surface area contributed by atoms with Crippen molar-refractivity contribution in [3.05, 3.63) is 41.9 Å². The number of pyridine rings is 1. The summed E-state index contributed by atoms with van der Waals surface area (Å²) in [6.45, 7) is 0.475. The molecule has 0 bridgehead atoms. The Labute approximate surface area is 153 Å². The summed E-state index contributed by atoms with van der Waals surface area (Å²) in [5.41, 5.74) is -0.206. The van der Waals surface area contributed by atoms with E-state index in [4.69, 9.17) is 5.11 Å². The predicted molar refractivity (Wildman–Crippen MR) is 90.2 cm³/mol. The summed E-state index contributed by atoms with van der Waals surface area (Å²) >= 11 is 0. The zero-order chi connectivity index (χ0) is 19.4. The zero-order valence-electron chi connectivity index (χ0n) is 14.3. The summed E-state index contributed by atoms with van der Waals surface area (Å²) in [4.78, 5) is 25.2. The molecule has 0 atom stereocenters. The SMILES string of the molecule is O=C(CO)N1CCC(c2ccnc(Nc3ncccc3C(F)(F)F)n2)CC1. The molecule has 0 saturated carbocycles. The third kappa shape index (κ3) is 4.51. The number of aliphatic hydroxyl groups excluding tert-OH is 1.